The zero-order valence-electron chi connectivity index (χ0n) is 14.7. The number of amides is 1. The van der Waals surface area contributed by atoms with Crippen molar-refractivity contribution in [1.82, 2.24) is 4.90 Å². The number of likely N-dealkylation sites (tertiary alicyclic amines) is 1. The minimum Gasteiger partial charge on any atom is -0.445 e. The van der Waals surface area contributed by atoms with Crippen LogP contribution in [0.4, 0.5) is 4.79 Å². The average Bonchev–Trinajstić information content (AvgIpc) is 2.68. The van der Waals surface area contributed by atoms with E-state index in [1.165, 1.54) is 10.5 Å². The second-order valence-corrected chi connectivity index (χ2v) is 7.58. The lowest BCUT2D eigenvalue weighted by molar-refractivity contribution is 0.0869. The Hall–Kier alpha value is -1.94. The fourth-order valence-corrected chi connectivity index (χ4v) is 4.18. The summed E-state index contributed by atoms with van der Waals surface area (Å²) in [5, 5.41) is 0. The summed E-state index contributed by atoms with van der Waals surface area (Å²) in [5.74, 6) is 1.62. The number of piperidine rings is 1. The Balaban J connectivity index is 1.52. The van der Waals surface area contributed by atoms with Crippen molar-refractivity contribution in [2.75, 3.05) is 18.8 Å². The van der Waals surface area contributed by atoms with Crippen LogP contribution in [0.3, 0.4) is 0 Å². The lowest BCUT2D eigenvalue weighted by atomic mass is 9.89. The lowest BCUT2D eigenvalue weighted by Crippen LogP contribution is -2.38. The number of benzene rings is 2. The van der Waals surface area contributed by atoms with Gasteiger partial charge < -0.3 is 9.64 Å². The van der Waals surface area contributed by atoms with Crippen LogP contribution in [0.5, 0.6) is 0 Å². The summed E-state index contributed by atoms with van der Waals surface area (Å²) >= 11 is 1.90. The largest absolute Gasteiger partial charge is 0.445 e. The highest BCUT2D eigenvalue weighted by Crippen LogP contribution is 2.34. The minimum absolute atomic E-state index is 0.196. The standard InChI is InChI=1S/C21H25NO2S/c1-2-25-20-11-7-6-10-19(20)18-12-14-22(15-13-18)21(23)24-16-17-8-4-3-5-9-17/h3-11,18H,2,12-16H2,1H3. The molecule has 0 aliphatic carbocycles. The highest BCUT2D eigenvalue weighted by atomic mass is 32.2. The van der Waals surface area contributed by atoms with Crippen LogP contribution in [0, 0.1) is 0 Å². The third kappa shape index (κ3) is 4.79. The van der Waals surface area contributed by atoms with Crippen molar-refractivity contribution in [2.45, 2.75) is 37.2 Å². The number of thioether (sulfide) groups is 1. The number of carbonyl (C=O) groups excluding carboxylic acids is 1. The number of rotatable bonds is 5. The molecule has 0 saturated carbocycles. The molecule has 0 unspecified atom stereocenters. The predicted molar refractivity (Wildman–Crippen MR) is 103 cm³/mol. The molecule has 0 spiro atoms. The van der Waals surface area contributed by atoms with Gasteiger partial charge in [-0.15, -0.1) is 11.8 Å². The fraction of sp³-hybridized carbons (Fsp3) is 0.381. The molecular weight excluding hydrogens is 330 g/mol. The van der Waals surface area contributed by atoms with Gasteiger partial charge in [0.1, 0.15) is 6.61 Å². The molecule has 2 aromatic carbocycles. The van der Waals surface area contributed by atoms with E-state index in [1.807, 2.05) is 47.0 Å². The van der Waals surface area contributed by atoms with Crippen LogP contribution in [-0.2, 0) is 11.3 Å². The van der Waals surface area contributed by atoms with E-state index in [0.29, 0.717) is 12.5 Å². The van der Waals surface area contributed by atoms with E-state index in [9.17, 15) is 4.79 Å². The molecule has 132 valence electrons. The third-order valence-corrected chi connectivity index (χ3v) is 5.59. The molecule has 1 heterocycles. The number of ether oxygens (including phenoxy) is 1. The van der Waals surface area contributed by atoms with Gasteiger partial charge in [0.15, 0.2) is 0 Å². The summed E-state index contributed by atoms with van der Waals surface area (Å²) in [6, 6.07) is 18.5. The Labute approximate surface area is 154 Å². The van der Waals surface area contributed by atoms with Gasteiger partial charge >= 0.3 is 6.09 Å². The maximum atomic E-state index is 12.3. The molecular formula is C21H25NO2S. The van der Waals surface area contributed by atoms with Crippen molar-refractivity contribution in [3.8, 4) is 0 Å². The van der Waals surface area contributed by atoms with Gasteiger partial charge in [0.05, 0.1) is 0 Å². The Morgan fingerprint density at radius 1 is 1.08 bits per heavy atom. The summed E-state index contributed by atoms with van der Waals surface area (Å²) in [4.78, 5) is 15.5. The van der Waals surface area contributed by atoms with Gasteiger partial charge in [-0.3, -0.25) is 0 Å². The normalized spacial score (nSPS) is 15.2. The highest BCUT2D eigenvalue weighted by molar-refractivity contribution is 7.99. The SMILES string of the molecule is CCSc1ccccc1C1CCN(C(=O)OCc2ccccc2)CC1. The first-order valence-corrected chi connectivity index (χ1v) is 9.94. The second kappa shape index (κ2) is 8.95. The molecule has 1 aliphatic rings. The molecule has 1 fully saturated rings. The van der Waals surface area contributed by atoms with Gasteiger partial charge in [-0.05, 0) is 41.7 Å². The second-order valence-electron chi connectivity index (χ2n) is 6.27. The molecule has 2 aromatic rings. The van der Waals surface area contributed by atoms with Crippen LogP contribution in [0.1, 0.15) is 36.8 Å². The van der Waals surface area contributed by atoms with Gasteiger partial charge in [-0.2, -0.15) is 0 Å². The van der Waals surface area contributed by atoms with E-state index >= 15 is 0 Å². The van der Waals surface area contributed by atoms with Gasteiger partial charge in [0.2, 0.25) is 0 Å². The van der Waals surface area contributed by atoms with Crippen LogP contribution in [0.15, 0.2) is 59.5 Å². The van der Waals surface area contributed by atoms with Crippen molar-refractivity contribution in [1.29, 1.82) is 0 Å². The maximum absolute atomic E-state index is 12.3. The van der Waals surface area contributed by atoms with Gasteiger partial charge in [0, 0.05) is 18.0 Å². The zero-order chi connectivity index (χ0) is 17.5. The number of nitrogens with zero attached hydrogens (tertiary/aromatic N) is 1. The molecule has 0 N–H and O–H groups in total. The Bertz CT molecular complexity index is 681. The Morgan fingerprint density at radius 3 is 2.48 bits per heavy atom. The van der Waals surface area contributed by atoms with E-state index in [-0.39, 0.29) is 6.09 Å². The summed E-state index contributed by atoms with van der Waals surface area (Å²) in [6.07, 6.45) is 1.81. The van der Waals surface area contributed by atoms with Crippen molar-refractivity contribution in [3.63, 3.8) is 0 Å². The van der Waals surface area contributed by atoms with Crippen molar-refractivity contribution < 1.29 is 9.53 Å². The first-order chi connectivity index (χ1) is 12.3. The predicted octanol–water partition coefficient (Wildman–Crippen LogP) is 5.31. The van der Waals surface area contributed by atoms with Crippen molar-refractivity contribution in [2.24, 2.45) is 0 Å². The van der Waals surface area contributed by atoms with Gasteiger partial charge in [0.25, 0.3) is 0 Å². The average molecular weight is 356 g/mol. The first-order valence-electron chi connectivity index (χ1n) is 8.95. The van der Waals surface area contributed by atoms with Crippen molar-refractivity contribution >= 4 is 17.9 Å². The smallest absolute Gasteiger partial charge is 0.410 e. The van der Waals surface area contributed by atoms with Gasteiger partial charge in [-0.25, -0.2) is 4.79 Å². The third-order valence-electron chi connectivity index (χ3n) is 4.62. The van der Waals surface area contributed by atoms with Crippen LogP contribution in [0.2, 0.25) is 0 Å². The fourth-order valence-electron chi connectivity index (χ4n) is 3.29. The molecule has 25 heavy (non-hydrogen) atoms. The topological polar surface area (TPSA) is 29.5 Å². The highest BCUT2D eigenvalue weighted by Gasteiger charge is 2.25. The van der Waals surface area contributed by atoms with Crippen LogP contribution < -0.4 is 0 Å². The molecule has 0 bridgehead atoms. The van der Waals surface area contributed by atoms with E-state index < -0.39 is 0 Å². The maximum Gasteiger partial charge on any atom is 0.410 e. The Kier molecular flexibility index (Phi) is 6.40. The number of carbonyl (C=O) groups is 1. The van der Waals surface area contributed by atoms with E-state index in [1.54, 1.807) is 0 Å². The number of hydrogen-bond donors (Lipinski definition) is 0. The Morgan fingerprint density at radius 2 is 1.76 bits per heavy atom. The zero-order valence-corrected chi connectivity index (χ0v) is 15.5. The first kappa shape index (κ1) is 17.9. The molecule has 3 nitrogen and oxygen atoms in total. The minimum atomic E-state index is -0.196. The molecule has 4 heteroatoms. The molecule has 0 atom stereocenters. The molecule has 1 aliphatic heterocycles. The molecule has 0 aromatic heterocycles. The summed E-state index contributed by atoms with van der Waals surface area (Å²) in [7, 11) is 0. The molecule has 0 radical (unpaired) electrons. The molecule has 1 saturated heterocycles. The summed E-state index contributed by atoms with van der Waals surface area (Å²) in [6.45, 7) is 4.06. The monoisotopic (exact) mass is 355 g/mol. The van der Waals surface area contributed by atoms with Crippen LogP contribution in [0.25, 0.3) is 0 Å². The quantitative estimate of drug-likeness (QED) is 0.680. The van der Waals surface area contributed by atoms with E-state index in [4.69, 9.17) is 4.74 Å². The van der Waals surface area contributed by atoms with Gasteiger partial charge in [-0.1, -0.05) is 55.5 Å². The van der Waals surface area contributed by atoms with Crippen LogP contribution in [-0.4, -0.2) is 29.8 Å². The summed E-state index contributed by atoms with van der Waals surface area (Å²) < 4.78 is 5.45. The van der Waals surface area contributed by atoms with E-state index in [0.717, 1.165) is 37.2 Å². The van der Waals surface area contributed by atoms with E-state index in [2.05, 4.69) is 31.2 Å². The van der Waals surface area contributed by atoms with Crippen molar-refractivity contribution in [3.05, 3.63) is 65.7 Å². The van der Waals surface area contributed by atoms with Crippen LogP contribution >= 0.6 is 11.8 Å². The molecule has 3 rings (SSSR count). The lowest BCUT2D eigenvalue weighted by Gasteiger charge is -2.32. The summed E-state index contributed by atoms with van der Waals surface area (Å²) in [5.41, 5.74) is 2.46. The number of hydrogen-bond acceptors (Lipinski definition) is 3. The molecule has 1 amide bonds.